The van der Waals surface area contributed by atoms with Crippen molar-refractivity contribution in [3.8, 4) is 0 Å². The van der Waals surface area contributed by atoms with Crippen molar-refractivity contribution in [2.75, 3.05) is 19.7 Å². The Hall–Kier alpha value is -3.03. The molecule has 2 N–H and O–H groups in total. The zero-order chi connectivity index (χ0) is 25.2. The van der Waals surface area contributed by atoms with Gasteiger partial charge in [-0.3, -0.25) is 25.4 Å². The molecule has 3 heterocycles. The predicted octanol–water partition coefficient (Wildman–Crippen LogP) is 4.34. The second-order valence-electron chi connectivity index (χ2n) is 7.95. The monoisotopic (exact) mass is 516 g/mol. The average molecular weight is 516 g/mol. The third-order valence-electron chi connectivity index (χ3n) is 5.63. The number of amides is 1. The molecule has 1 atom stereocenters. The highest BCUT2D eigenvalue weighted by Gasteiger charge is 2.33. The molecule has 0 radical (unpaired) electrons. The van der Waals surface area contributed by atoms with E-state index in [9.17, 15) is 26.7 Å². The van der Waals surface area contributed by atoms with Gasteiger partial charge in [-0.1, -0.05) is 12.6 Å². The van der Waals surface area contributed by atoms with Crippen LogP contribution in [0.15, 0.2) is 41.9 Å². The first kappa shape index (κ1) is 25.1. The van der Waals surface area contributed by atoms with Gasteiger partial charge in [0.1, 0.15) is 23.4 Å². The van der Waals surface area contributed by atoms with Crippen molar-refractivity contribution in [3.05, 3.63) is 69.8 Å². The Morgan fingerprint density at radius 1 is 1.29 bits per heavy atom. The molecular formula is C22H21F5N4O3S. The summed E-state index contributed by atoms with van der Waals surface area (Å²) < 4.78 is 65.2. The number of allylic oxidation sites excluding steroid dienone is 1. The molecule has 2 aliphatic heterocycles. The molecule has 1 amide bonds. The number of alkyl halides is 3. The lowest BCUT2D eigenvalue weighted by molar-refractivity contribution is -0.144. The molecule has 1 unspecified atom stereocenters. The van der Waals surface area contributed by atoms with Crippen LogP contribution < -0.4 is 11.0 Å². The Morgan fingerprint density at radius 2 is 1.97 bits per heavy atom. The first-order chi connectivity index (χ1) is 16.6. The highest BCUT2D eigenvalue weighted by atomic mass is 32.1. The number of nitrogens with one attached hydrogen (secondary N) is 2. The number of hydroxylamine groups is 2. The number of hydrogen-bond acceptors (Lipinski definition) is 7. The van der Waals surface area contributed by atoms with Crippen LogP contribution in [0, 0.1) is 11.6 Å². The van der Waals surface area contributed by atoms with Gasteiger partial charge < -0.3 is 4.90 Å². The minimum atomic E-state index is -4.65. The number of hydrogen-bond donors (Lipinski definition) is 2. The molecule has 13 heteroatoms. The average Bonchev–Trinajstić information content (AvgIpc) is 3.48. The Kier molecular flexibility index (Phi) is 7.38. The van der Waals surface area contributed by atoms with Gasteiger partial charge in [0.05, 0.1) is 22.0 Å². The number of aromatic nitrogens is 1. The van der Waals surface area contributed by atoms with Crippen molar-refractivity contribution in [1.29, 1.82) is 0 Å². The largest absolute Gasteiger partial charge is 0.432 e. The van der Waals surface area contributed by atoms with E-state index in [1.165, 1.54) is 22.3 Å². The van der Waals surface area contributed by atoms with Gasteiger partial charge in [0, 0.05) is 24.4 Å². The van der Waals surface area contributed by atoms with Gasteiger partial charge in [-0.25, -0.2) is 13.8 Å². The smallest absolute Gasteiger partial charge is 0.341 e. The van der Waals surface area contributed by atoms with Crippen LogP contribution in [-0.2, 0) is 14.5 Å². The van der Waals surface area contributed by atoms with Gasteiger partial charge in [0.2, 0.25) is 0 Å². The van der Waals surface area contributed by atoms with Gasteiger partial charge in [-0.2, -0.15) is 13.2 Å². The van der Waals surface area contributed by atoms with E-state index in [4.69, 9.17) is 4.84 Å². The normalized spacial score (nSPS) is 18.8. The summed E-state index contributed by atoms with van der Waals surface area (Å²) in [6.45, 7) is 3.05. The van der Waals surface area contributed by atoms with Crippen LogP contribution in [0.25, 0.3) is 5.70 Å². The highest BCUT2D eigenvalue weighted by Crippen LogP contribution is 2.35. The molecular weight excluding hydrogens is 495 g/mol. The summed E-state index contributed by atoms with van der Waals surface area (Å²) in [7, 11) is 0. The fourth-order valence-corrected chi connectivity index (χ4v) is 4.71. The number of carbonyl (C=O) groups excluding carboxylic acids is 1. The lowest BCUT2D eigenvalue weighted by Gasteiger charge is -2.31. The number of likely N-dealkylation sites (tertiary alicyclic amines) is 1. The van der Waals surface area contributed by atoms with Crippen molar-refractivity contribution >= 4 is 22.9 Å². The molecule has 0 saturated carbocycles. The van der Waals surface area contributed by atoms with E-state index < -0.39 is 42.1 Å². The lowest BCUT2D eigenvalue weighted by atomic mass is 9.97. The van der Waals surface area contributed by atoms with Crippen molar-refractivity contribution < 1.29 is 36.4 Å². The molecule has 7 nitrogen and oxygen atoms in total. The number of nitrogens with zero attached hydrogens (tertiary/aromatic N) is 2. The van der Waals surface area contributed by atoms with Crippen molar-refractivity contribution in [3.63, 3.8) is 0 Å². The number of halogens is 5. The van der Waals surface area contributed by atoms with Crippen molar-refractivity contribution in [2.24, 2.45) is 0 Å². The molecule has 4 rings (SSSR count). The zero-order valence-electron chi connectivity index (χ0n) is 18.2. The van der Waals surface area contributed by atoms with Gasteiger partial charge in [0.25, 0.3) is 5.91 Å². The maximum absolute atomic E-state index is 14.0. The SMILES string of the molecule is C=C(NOCC(=O)N1CCC(c2nc(C3=CC(c4c(F)cccc4F)ON3)cs2)CC1)C(F)(F)F. The highest BCUT2D eigenvalue weighted by molar-refractivity contribution is 7.09. The van der Waals surface area contributed by atoms with Gasteiger partial charge in [0.15, 0.2) is 6.61 Å². The molecule has 1 fully saturated rings. The van der Waals surface area contributed by atoms with Gasteiger partial charge >= 0.3 is 6.18 Å². The van der Waals surface area contributed by atoms with E-state index in [2.05, 4.69) is 21.9 Å². The molecule has 0 aliphatic carbocycles. The van der Waals surface area contributed by atoms with Crippen LogP contribution in [0.5, 0.6) is 0 Å². The van der Waals surface area contributed by atoms with Crippen LogP contribution in [0.1, 0.15) is 41.1 Å². The number of rotatable bonds is 7. The number of thiazole rings is 1. The quantitative estimate of drug-likeness (QED) is 0.421. The summed E-state index contributed by atoms with van der Waals surface area (Å²) in [6.07, 6.45) is -2.79. The van der Waals surface area contributed by atoms with Crippen LogP contribution in [-0.4, -0.2) is 41.7 Å². The minimum absolute atomic E-state index is 0.0876. The minimum Gasteiger partial charge on any atom is -0.341 e. The fraction of sp³-hybridized carbons (Fsp3) is 0.364. The van der Waals surface area contributed by atoms with Crippen molar-refractivity contribution in [1.82, 2.24) is 20.8 Å². The topological polar surface area (TPSA) is 75.7 Å². The van der Waals surface area contributed by atoms with Crippen LogP contribution in [0.4, 0.5) is 22.0 Å². The van der Waals surface area contributed by atoms with Crippen LogP contribution >= 0.6 is 11.3 Å². The summed E-state index contributed by atoms with van der Waals surface area (Å²) in [6, 6.07) is 3.60. The molecule has 188 valence electrons. The zero-order valence-corrected chi connectivity index (χ0v) is 19.0. The second kappa shape index (κ2) is 10.3. The van der Waals surface area contributed by atoms with Gasteiger partial charge in [-0.05, 0) is 31.1 Å². The van der Waals surface area contributed by atoms with E-state index in [1.54, 1.807) is 11.6 Å². The number of benzene rings is 1. The van der Waals surface area contributed by atoms with E-state index in [1.807, 2.05) is 5.38 Å². The lowest BCUT2D eigenvalue weighted by Crippen LogP contribution is -2.41. The first-order valence-electron chi connectivity index (χ1n) is 10.6. The third kappa shape index (κ3) is 5.80. The molecule has 35 heavy (non-hydrogen) atoms. The Morgan fingerprint density at radius 3 is 2.63 bits per heavy atom. The Balaban J connectivity index is 1.30. The molecule has 0 bridgehead atoms. The summed E-state index contributed by atoms with van der Waals surface area (Å²) in [4.78, 5) is 28.3. The number of piperidine rings is 1. The second-order valence-corrected chi connectivity index (χ2v) is 8.84. The molecule has 1 saturated heterocycles. The predicted molar refractivity (Wildman–Crippen MR) is 116 cm³/mol. The molecule has 0 spiro atoms. The maximum Gasteiger partial charge on any atom is 0.432 e. The van der Waals surface area contributed by atoms with Crippen LogP contribution in [0.2, 0.25) is 0 Å². The van der Waals surface area contributed by atoms with E-state index in [0.717, 1.165) is 17.1 Å². The van der Waals surface area contributed by atoms with E-state index in [0.29, 0.717) is 37.3 Å². The fourth-order valence-electron chi connectivity index (χ4n) is 3.72. The summed E-state index contributed by atoms with van der Waals surface area (Å²) in [5.41, 5.74) is 3.91. The molecule has 1 aromatic heterocycles. The molecule has 1 aromatic carbocycles. The first-order valence-corrected chi connectivity index (χ1v) is 11.5. The maximum atomic E-state index is 14.0. The van der Waals surface area contributed by atoms with Crippen molar-refractivity contribution in [2.45, 2.75) is 31.0 Å². The molecule has 2 aromatic rings. The summed E-state index contributed by atoms with van der Waals surface area (Å²) >= 11 is 1.43. The number of carbonyl (C=O) groups is 1. The molecule has 2 aliphatic rings. The Bertz CT molecular complexity index is 1110. The van der Waals surface area contributed by atoms with Gasteiger partial charge in [-0.15, -0.1) is 11.3 Å². The summed E-state index contributed by atoms with van der Waals surface area (Å²) in [5.74, 6) is -1.76. The Labute approximate surface area is 201 Å². The third-order valence-corrected chi connectivity index (χ3v) is 6.63. The van der Waals surface area contributed by atoms with Crippen LogP contribution in [0.3, 0.4) is 0 Å². The summed E-state index contributed by atoms with van der Waals surface area (Å²) in [5, 5.41) is 2.65. The standard InChI is InChI=1S/C22H21F5N4O3S/c1-12(22(25,26)27)29-33-10-19(32)31-7-5-13(6-8-31)21-28-17(11-35-21)16-9-18(34-30-16)20-14(23)3-2-4-15(20)24/h2-4,9,11,13,18,29-30H,1,5-8,10H2. The van der Waals surface area contributed by atoms with E-state index in [-0.39, 0.29) is 11.5 Å². The van der Waals surface area contributed by atoms with E-state index >= 15 is 0 Å².